The number of carbonyl (C=O) groups excluding carboxylic acids is 1. The van der Waals surface area contributed by atoms with Crippen molar-refractivity contribution in [3.05, 3.63) is 99.5 Å². The van der Waals surface area contributed by atoms with Crippen LogP contribution < -0.4 is 4.74 Å². The lowest BCUT2D eigenvalue weighted by molar-refractivity contribution is -0.136. The van der Waals surface area contributed by atoms with Gasteiger partial charge < -0.3 is 4.74 Å². The van der Waals surface area contributed by atoms with E-state index in [1.807, 2.05) is 54.6 Å². The van der Waals surface area contributed by atoms with Gasteiger partial charge in [0.05, 0.1) is 10.0 Å². The van der Waals surface area contributed by atoms with Crippen molar-refractivity contribution in [1.82, 2.24) is 0 Å². The van der Waals surface area contributed by atoms with Crippen molar-refractivity contribution in [1.29, 1.82) is 0 Å². The molecular weight excluding hydrogens is 427 g/mol. The van der Waals surface area contributed by atoms with Crippen molar-refractivity contribution in [3.63, 3.8) is 0 Å². The van der Waals surface area contributed by atoms with Crippen molar-refractivity contribution < 1.29 is 9.53 Å². The van der Waals surface area contributed by atoms with Gasteiger partial charge in [-0.3, -0.25) is 4.79 Å². The van der Waals surface area contributed by atoms with Gasteiger partial charge in [0.2, 0.25) is 0 Å². The lowest BCUT2D eigenvalue weighted by Crippen LogP contribution is -2.27. The maximum Gasteiger partial charge on any atom is 0.311 e. The summed E-state index contributed by atoms with van der Waals surface area (Å²) in [5.74, 6) is 0.692. The quantitative estimate of drug-likeness (QED) is 0.231. The minimum absolute atomic E-state index is 0.167. The summed E-state index contributed by atoms with van der Waals surface area (Å²) in [7, 11) is 0. The predicted molar refractivity (Wildman–Crippen MR) is 120 cm³/mol. The Balaban J connectivity index is 0.000000343. The molecule has 3 aromatic rings. The van der Waals surface area contributed by atoms with E-state index >= 15 is 0 Å². The number of ether oxygens (including phenoxy) is 1. The molecule has 1 fully saturated rings. The highest BCUT2D eigenvalue weighted by atomic mass is 35.5. The van der Waals surface area contributed by atoms with Crippen molar-refractivity contribution in [3.8, 4) is 5.75 Å². The van der Waals surface area contributed by atoms with Crippen molar-refractivity contribution in [2.45, 2.75) is 25.2 Å². The highest BCUT2D eigenvalue weighted by Gasteiger charge is 2.34. The second-order valence-electron chi connectivity index (χ2n) is 6.86. The molecule has 29 heavy (non-hydrogen) atoms. The molecule has 0 radical (unpaired) electrons. The first-order valence-corrected chi connectivity index (χ1v) is 10.6. The Bertz CT molecular complexity index is 903. The van der Waals surface area contributed by atoms with E-state index in [9.17, 15) is 4.79 Å². The molecule has 1 aliphatic rings. The van der Waals surface area contributed by atoms with Crippen LogP contribution in [0.4, 0.5) is 0 Å². The fraction of sp³-hybridized carbons (Fsp3) is 0.208. The number of hydrogen-bond donors (Lipinski definition) is 0. The first-order chi connectivity index (χ1) is 14.1. The van der Waals surface area contributed by atoms with Crippen LogP contribution in [0.3, 0.4) is 0 Å². The van der Waals surface area contributed by atoms with Gasteiger partial charge in [-0.1, -0.05) is 102 Å². The van der Waals surface area contributed by atoms with Gasteiger partial charge in [0.15, 0.2) is 5.75 Å². The molecule has 2 nitrogen and oxygen atoms in total. The Morgan fingerprint density at radius 3 is 1.93 bits per heavy atom. The molecule has 0 spiro atoms. The molecule has 0 aromatic heterocycles. The van der Waals surface area contributed by atoms with Gasteiger partial charge in [-0.25, -0.2) is 0 Å². The van der Waals surface area contributed by atoms with Crippen molar-refractivity contribution in [2.75, 3.05) is 0 Å². The summed E-state index contributed by atoms with van der Waals surface area (Å²) >= 11 is 17.9. The summed E-state index contributed by atoms with van der Waals surface area (Å²) in [5.41, 5.74) is 1.28. The lowest BCUT2D eigenvalue weighted by Gasteiger charge is -2.36. The first kappa shape index (κ1) is 21.7. The summed E-state index contributed by atoms with van der Waals surface area (Å²) in [4.78, 5) is 12.2. The fourth-order valence-corrected chi connectivity index (χ4v) is 3.87. The van der Waals surface area contributed by atoms with Gasteiger partial charge in [-0.15, -0.1) is 0 Å². The van der Waals surface area contributed by atoms with Gasteiger partial charge in [-0.05, 0) is 42.4 Å². The molecule has 0 saturated heterocycles. The van der Waals surface area contributed by atoms with E-state index in [4.69, 9.17) is 39.5 Å². The summed E-state index contributed by atoms with van der Waals surface area (Å²) in [6.07, 6.45) is 2.51. The van der Waals surface area contributed by atoms with Gasteiger partial charge in [0.25, 0.3) is 0 Å². The lowest BCUT2D eigenvalue weighted by atomic mass is 9.68. The molecule has 3 aromatic carbocycles. The summed E-state index contributed by atoms with van der Waals surface area (Å²) in [6.45, 7) is 0. The fourth-order valence-electron chi connectivity index (χ4n) is 3.30. The van der Waals surface area contributed by atoms with Crippen LogP contribution in [-0.2, 0) is 4.79 Å². The summed E-state index contributed by atoms with van der Waals surface area (Å²) < 4.78 is 5.36. The Labute approximate surface area is 186 Å². The molecule has 4 rings (SSSR count). The van der Waals surface area contributed by atoms with Gasteiger partial charge in [-0.2, -0.15) is 0 Å². The number of hydrogen-bond acceptors (Lipinski definition) is 2. The number of esters is 1. The molecule has 1 aliphatic carbocycles. The number of halogens is 3. The third-order valence-electron chi connectivity index (χ3n) is 4.96. The zero-order valence-corrected chi connectivity index (χ0v) is 18.0. The molecule has 2 atom stereocenters. The molecule has 0 amide bonds. The average Bonchev–Trinajstić information content (AvgIpc) is 2.74. The van der Waals surface area contributed by atoms with E-state index in [0.29, 0.717) is 23.3 Å². The van der Waals surface area contributed by atoms with Crippen LogP contribution in [-0.4, -0.2) is 5.97 Å². The van der Waals surface area contributed by atoms with Crippen LogP contribution in [0, 0.1) is 5.92 Å². The summed E-state index contributed by atoms with van der Waals surface area (Å²) in [5, 5.41) is 0.699. The van der Waals surface area contributed by atoms with Crippen molar-refractivity contribution >= 4 is 40.8 Å². The van der Waals surface area contributed by atoms with E-state index in [2.05, 4.69) is 12.1 Å². The minimum atomic E-state index is -0.295. The Morgan fingerprint density at radius 2 is 1.38 bits per heavy atom. The molecular formula is C24H21Cl3O2. The third-order valence-corrected chi connectivity index (χ3v) is 6.24. The molecule has 0 N–H and O–H groups in total. The SMILES string of the molecule is O=C(CC1CCC1c1ccccc1)Oc1ccc(Cl)c(Cl)c1Cl.c1ccccc1. The van der Waals surface area contributed by atoms with Gasteiger partial charge in [0.1, 0.15) is 5.02 Å². The molecule has 150 valence electrons. The molecule has 0 bridgehead atoms. The van der Waals surface area contributed by atoms with E-state index in [-0.39, 0.29) is 21.8 Å². The smallest absolute Gasteiger partial charge is 0.311 e. The molecule has 0 heterocycles. The zero-order valence-electron chi connectivity index (χ0n) is 15.7. The van der Waals surface area contributed by atoms with Crippen molar-refractivity contribution in [2.24, 2.45) is 5.92 Å². The molecule has 1 saturated carbocycles. The average molecular weight is 448 g/mol. The number of benzene rings is 3. The molecule has 5 heteroatoms. The van der Waals surface area contributed by atoms with Crippen LogP contribution in [0.2, 0.25) is 15.1 Å². The van der Waals surface area contributed by atoms with Crippen LogP contribution in [0.15, 0.2) is 78.9 Å². The largest absolute Gasteiger partial charge is 0.425 e. The van der Waals surface area contributed by atoms with Gasteiger partial charge in [0, 0.05) is 6.42 Å². The van der Waals surface area contributed by atoms with Gasteiger partial charge >= 0.3 is 5.97 Å². The monoisotopic (exact) mass is 446 g/mol. The Kier molecular flexibility index (Phi) is 8.00. The first-order valence-electron chi connectivity index (χ1n) is 9.45. The minimum Gasteiger partial charge on any atom is -0.425 e. The molecule has 0 aliphatic heterocycles. The number of rotatable bonds is 4. The maximum absolute atomic E-state index is 12.2. The van der Waals surface area contributed by atoms with Crippen LogP contribution in [0.1, 0.15) is 30.7 Å². The standard InChI is InChI=1S/C18H15Cl3O2.C6H6/c19-14-8-9-15(18(21)17(14)20)23-16(22)10-12-6-7-13(12)11-4-2-1-3-5-11;1-2-4-6-5-3-1/h1-5,8-9,12-13H,6-7,10H2;1-6H. The van der Waals surface area contributed by atoms with E-state index in [0.717, 1.165) is 12.8 Å². The highest BCUT2D eigenvalue weighted by Crippen LogP contribution is 2.45. The van der Waals surface area contributed by atoms with Crippen LogP contribution >= 0.6 is 34.8 Å². The molecule has 2 unspecified atom stereocenters. The Hall–Kier alpha value is -2.00. The van der Waals surface area contributed by atoms with E-state index in [1.54, 1.807) is 12.1 Å². The highest BCUT2D eigenvalue weighted by molar-refractivity contribution is 6.48. The summed E-state index contributed by atoms with van der Waals surface area (Å²) in [6, 6.07) is 25.4. The van der Waals surface area contributed by atoms with Crippen LogP contribution in [0.25, 0.3) is 0 Å². The predicted octanol–water partition coefficient (Wildman–Crippen LogP) is 7.82. The van der Waals surface area contributed by atoms with Crippen LogP contribution in [0.5, 0.6) is 5.75 Å². The second-order valence-corrected chi connectivity index (χ2v) is 8.02. The number of carbonyl (C=O) groups is 1. The normalized spacial score (nSPS) is 17.5. The Morgan fingerprint density at radius 1 is 0.793 bits per heavy atom. The maximum atomic E-state index is 12.2. The van der Waals surface area contributed by atoms with E-state index < -0.39 is 0 Å². The third kappa shape index (κ3) is 5.99. The van der Waals surface area contributed by atoms with E-state index in [1.165, 1.54) is 5.56 Å². The zero-order chi connectivity index (χ0) is 20.6. The topological polar surface area (TPSA) is 26.3 Å². The second kappa shape index (κ2) is 10.7.